The van der Waals surface area contributed by atoms with Crippen LogP contribution in [-0.2, 0) is 6.54 Å². The molecule has 1 fully saturated rings. The van der Waals surface area contributed by atoms with Crippen LogP contribution in [0.3, 0.4) is 0 Å². The second kappa shape index (κ2) is 8.52. The van der Waals surface area contributed by atoms with Crippen molar-refractivity contribution < 1.29 is 18.0 Å². The molecule has 3 rings (SSSR count). The first-order valence-electron chi connectivity index (χ1n) is 9.02. The van der Waals surface area contributed by atoms with Crippen molar-refractivity contribution in [1.82, 2.24) is 15.2 Å². The van der Waals surface area contributed by atoms with Crippen LogP contribution >= 0.6 is 0 Å². The van der Waals surface area contributed by atoms with Gasteiger partial charge in [-0.15, -0.1) is 0 Å². The van der Waals surface area contributed by atoms with Crippen molar-refractivity contribution >= 4 is 5.91 Å². The van der Waals surface area contributed by atoms with Crippen LogP contribution in [0.25, 0.3) is 0 Å². The number of carbonyl (C=O) groups excluding carboxylic acids is 1. The van der Waals surface area contributed by atoms with Crippen molar-refractivity contribution in [1.29, 1.82) is 0 Å². The molecule has 0 spiro atoms. The van der Waals surface area contributed by atoms with Gasteiger partial charge < -0.3 is 5.32 Å². The molecule has 144 valence electrons. The molecule has 0 saturated carbocycles. The number of alkyl halides is 3. The molecule has 1 aliphatic heterocycles. The number of likely N-dealkylation sites (tertiary alicyclic amines) is 1. The highest BCUT2D eigenvalue weighted by Crippen LogP contribution is 2.32. The summed E-state index contributed by atoms with van der Waals surface area (Å²) in [6.07, 6.45) is 1.53. The number of amides is 1. The molecule has 1 aliphatic rings. The normalized spacial score (nSPS) is 16.7. The summed E-state index contributed by atoms with van der Waals surface area (Å²) in [5, 5.41) is 2.08. The van der Waals surface area contributed by atoms with Crippen molar-refractivity contribution in [2.45, 2.75) is 38.0 Å². The standard InChI is InChI=1S/C20H22F3N3O/c21-20(22,23)18(17-5-4-10-24-13-17)25-19(27)16-8-6-15(7-9-16)14-26-11-2-1-3-12-26/h4-10,13,18H,1-3,11-12,14H2,(H,25,27)/t18-/m1/s1. The largest absolute Gasteiger partial charge is 0.412 e. The van der Waals surface area contributed by atoms with Gasteiger partial charge in [0.05, 0.1) is 0 Å². The molecule has 1 saturated heterocycles. The van der Waals surface area contributed by atoms with E-state index in [9.17, 15) is 18.0 Å². The molecule has 1 atom stereocenters. The Morgan fingerprint density at radius 3 is 2.41 bits per heavy atom. The van der Waals surface area contributed by atoms with Gasteiger partial charge in [-0.05, 0) is 49.7 Å². The van der Waals surface area contributed by atoms with E-state index in [0.717, 1.165) is 31.4 Å². The van der Waals surface area contributed by atoms with Crippen LogP contribution in [0.4, 0.5) is 13.2 Å². The number of pyridine rings is 1. The average molecular weight is 377 g/mol. The zero-order valence-corrected chi connectivity index (χ0v) is 14.9. The van der Waals surface area contributed by atoms with Crippen molar-refractivity contribution in [3.05, 3.63) is 65.5 Å². The molecular weight excluding hydrogens is 355 g/mol. The number of carbonyl (C=O) groups is 1. The van der Waals surface area contributed by atoms with E-state index >= 15 is 0 Å². The van der Waals surface area contributed by atoms with Crippen LogP contribution in [0.1, 0.15) is 46.8 Å². The molecule has 7 heteroatoms. The first kappa shape index (κ1) is 19.4. The maximum Gasteiger partial charge on any atom is 0.412 e. The third kappa shape index (κ3) is 5.29. The zero-order valence-electron chi connectivity index (χ0n) is 14.9. The smallest absolute Gasteiger partial charge is 0.337 e. The molecular formula is C20H22F3N3O. The van der Waals surface area contributed by atoms with Gasteiger partial charge in [-0.25, -0.2) is 0 Å². The van der Waals surface area contributed by atoms with E-state index in [0.29, 0.717) is 0 Å². The molecule has 0 bridgehead atoms. The van der Waals surface area contributed by atoms with Crippen molar-refractivity contribution in [3.63, 3.8) is 0 Å². The maximum atomic E-state index is 13.4. The summed E-state index contributed by atoms with van der Waals surface area (Å²) in [5.74, 6) is -0.759. The summed E-state index contributed by atoms with van der Waals surface area (Å²) in [5.41, 5.74) is 1.16. The lowest BCUT2D eigenvalue weighted by molar-refractivity contribution is -0.155. The van der Waals surface area contributed by atoms with E-state index in [1.165, 1.54) is 37.6 Å². The average Bonchev–Trinajstić information content (AvgIpc) is 2.67. The summed E-state index contributed by atoms with van der Waals surface area (Å²) < 4.78 is 40.1. The van der Waals surface area contributed by atoms with E-state index in [-0.39, 0.29) is 11.1 Å². The number of benzene rings is 1. The number of aromatic nitrogens is 1. The fourth-order valence-corrected chi connectivity index (χ4v) is 3.25. The van der Waals surface area contributed by atoms with Gasteiger partial charge in [0.25, 0.3) is 5.91 Å². The maximum absolute atomic E-state index is 13.4. The lowest BCUT2D eigenvalue weighted by Gasteiger charge is -2.26. The van der Waals surface area contributed by atoms with Crippen LogP contribution in [-0.4, -0.2) is 35.1 Å². The van der Waals surface area contributed by atoms with Crippen LogP contribution < -0.4 is 5.32 Å². The fourth-order valence-electron chi connectivity index (χ4n) is 3.25. The minimum atomic E-state index is -4.60. The Kier molecular flexibility index (Phi) is 6.11. The number of hydrogen-bond acceptors (Lipinski definition) is 3. The summed E-state index contributed by atoms with van der Waals surface area (Å²) in [6, 6.07) is 7.37. The van der Waals surface area contributed by atoms with Gasteiger partial charge in [-0.1, -0.05) is 24.6 Å². The number of nitrogens with one attached hydrogen (secondary N) is 1. The Balaban J connectivity index is 1.67. The molecule has 0 radical (unpaired) electrons. The molecule has 2 heterocycles. The molecule has 4 nitrogen and oxygen atoms in total. The highest BCUT2D eigenvalue weighted by Gasteiger charge is 2.42. The van der Waals surface area contributed by atoms with Gasteiger partial charge >= 0.3 is 6.18 Å². The predicted octanol–water partition coefficient (Wildman–Crippen LogP) is 4.10. The summed E-state index contributed by atoms with van der Waals surface area (Å²) >= 11 is 0. The van der Waals surface area contributed by atoms with Gasteiger partial charge in [-0.2, -0.15) is 13.2 Å². The zero-order chi connectivity index (χ0) is 19.3. The van der Waals surface area contributed by atoms with Gasteiger partial charge in [0.15, 0.2) is 6.04 Å². The summed E-state index contributed by atoms with van der Waals surface area (Å²) in [4.78, 5) is 18.4. The monoisotopic (exact) mass is 377 g/mol. The van der Waals surface area contributed by atoms with Crippen LogP contribution in [0, 0.1) is 0 Å². The molecule has 1 N–H and O–H groups in total. The minimum Gasteiger partial charge on any atom is -0.337 e. The van der Waals surface area contributed by atoms with Crippen molar-refractivity contribution in [2.75, 3.05) is 13.1 Å². The van der Waals surface area contributed by atoms with E-state index in [2.05, 4.69) is 15.2 Å². The fraction of sp³-hybridized carbons (Fsp3) is 0.400. The van der Waals surface area contributed by atoms with Crippen molar-refractivity contribution in [2.24, 2.45) is 0 Å². The van der Waals surface area contributed by atoms with Crippen molar-refractivity contribution in [3.8, 4) is 0 Å². The van der Waals surface area contributed by atoms with E-state index < -0.39 is 18.1 Å². The Labute approximate surface area is 156 Å². The topological polar surface area (TPSA) is 45.2 Å². The van der Waals surface area contributed by atoms with Gasteiger partial charge in [-0.3, -0.25) is 14.7 Å². The third-order valence-corrected chi connectivity index (χ3v) is 4.69. The quantitative estimate of drug-likeness (QED) is 0.853. The number of rotatable bonds is 5. The van der Waals surface area contributed by atoms with E-state index in [1.807, 2.05) is 0 Å². The van der Waals surface area contributed by atoms with Crippen LogP contribution in [0.2, 0.25) is 0 Å². The lowest BCUT2D eigenvalue weighted by atomic mass is 10.1. The highest BCUT2D eigenvalue weighted by molar-refractivity contribution is 5.94. The summed E-state index contributed by atoms with van der Waals surface area (Å²) in [7, 11) is 0. The number of piperidine rings is 1. The molecule has 27 heavy (non-hydrogen) atoms. The molecule has 1 aromatic carbocycles. The van der Waals surface area contributed by atoms with Gasteiger partial charge in [0.1, 0.15) is 0 Å². The Bertz CT molecular complexity index is 741. The second-order valence-electron chi connectivity index (χ2n) is 6.77. The molecule has 2 aromatic rings. The molecule has 0 unspecified atom stereocenters. The first-order chi connectivity index (χ1) is 12.9. The molecule has 1 aromatic heterocycles. The lowest BCUT2D eigenvalue weighted by Crippen LogP contribution is -2.38. The third-order valence-electron chi connectivity index (χ3n) is 4.69. The highest BCUT2D eigenvalue weighted by atomic mass is 19.4. The number of nitrogens with zero attached hydrogens (tertiary/aromatic N) is 2. The van der Waals surface area contributed by atoms with Gasteiger partial charge in [0.2, 0.25) is 0 Å². The number of hydrogen-bond donors (Lipinski definition) is 1. The number of halogens is 3. The molecule has 1 amide bonds. The van der Waals surface area contributed by atoms with E-state index in [1.54, 1.807) is 24.3 Å². The van der Waals surface area contributed by atoms with Crippen LogP contribution in [0.5, 0.6) is 0 Å². The van der Waals surface area contributed by atoms with Crippen LogP contribution in [0.15, 0.2) is 48.8 Å². The second-order valence-corrected chi connectivity index (χ2v) is 6.77. The Morgan fingerprint density at radius 2 is 1.81 bits per heavy atom. The van der Waals surface area contributed by atoms with Gasteiger partial charge in [0, 0.05) is 30.1 Å². The van der Waals surface area contributed by atoms with E-state index in [4.69, 9.17) is 0 Å². The molecule has 0 aliphatic carbocycles. The Morgan fingerprint density at radius 1 is 1.11 bits per heavy atom. The predicted molar refractivity (Wildman–Crippen MR) is 96.1 cm³/mol. The summed E-state index contributed by atoms with van der Waals surface area (Å²) in [6.45, 7) is 2.91. The minimum absolute atomic E-state index is 0.0972. The Hall–Kier alpha value is -2.41. The SMILES string of the molecule is O=C(N[C@H](c1cccnc1)C(F)(F)F)c1ccc(CN2CCCCC2)cc1. The first-order valence-corrected chi connectivity index (χ1v) is 9.02.